The van der Waals surface area contributed by atoms with Gasteiger partial charge in [0.1, 0.15) is 5.75 Å². The SMILES string of the molecule is COc1cc(C)nc2c(C(=O)NO)cccc12. The summed E-state index contributed by atoms with van der Waals surface area (Å²) in [5.41, 5.74) is 3.18. The fourth-order valence-electron chi connectivity index (χ4n) is 1.75. The van der Waals surface area contributed by atoms with Crippen molar-refractivity contribution in [3.63, 3.8) is 0 Å². The molecule has 0 atom stereocenters. The van der Waals surface area contributed by atoms with Crippen LogP contribution in [0.25, 0.3) is 10.9 Å². The van der Waals surface area contributed by atoms with Gasteiger partial charge >= 0.3 is 0 Å². The minimum atomic E-state index is -0.587. The Morgan fingerprint density at radius 2 is 2.24 bits per heavy atom. The molecule has 0 spiro atoms. The number of para-hydroxylation sites is 1. The van der Waals surface area contributed by atoms with E-state index >= 15 is 0 Å². The predicted molar refractivity (Wildman–Crippen MR) is 62.3 cm³/mol. The summed E-state index contributed by atoms with van der Waals surface area (Å²) in [4.78, 5) is 15.8. The van der Waals surface area contributed by atoms with Gasteiger partial charge in [0, 0.05) is 17.1 Å². The first-order valence-corrected chi connectivity index (χ1v) is 5.06. The Labute approximate surface area is 98.0 Å². The van der Waals surface area contributed by atoms with Crippen LogP contribution in [0.2, 0.25) is 0 Å². The molecule has 0 saturated carbocycles. The van der Waals surface area contributed by atoms with E-state index < -0.39 is 5.91 Å². The molecule has 0 unspecified atom stereocenters. The van der Waals surface area contributed by atoms with Gasteiger partial charge in [-0.1, -0.05) is 6.07 Å². The largest absolute Gasteiger partial charge is 0.496 e. The summed E-state index contributed by atoms with van der Waals surface area (Å²) in [6, 6.07) is 6.92. The highest BCUT2D eigenvalue weighted by atomic mass is 16.5. The molecule has 0 radical (unpaired) electrons. The molecular formula is C12H12N2O3. The zero-order chi connectivity index (χ0) is 12.4. The van der Waals surface area contributed by atoms with Gasteiger partial charge in [0.2, 0.25) is 0 Å². The van der Waals surface area contributed by atoms with Gasteiger partial charge in [0.05, 0.1) is 18.2 Å². The number of fused-ring (bicyclic) bond motifs is 1. The maximum absolute atomic E-state index is 11.5. The second-order valence-electron chi connectivity index (χ2n) is 3.61. The molecule has 17 heavy (non-hydrogen) atoms. The summed E-state index contributed by atoms with van der Waals surface area (Å²) >= 11 is 0. The van der Waals surface area contributed by atoms with Gasteiger partial charge in [-0.3, -0.25) is 15.0 Å². The third-order valence-electron chi connectivity index (χ3n) is 2.50. The minimum Gasteiger partial charge on any atom is -0.496 e. The monoisotopic (exact) mass is 232 g/mol. The van der Waals surface area contributed by atoms with Crippen LogP contribution in [0.1, 0.15) is 16.1 Å². The Hall–Kier alpha value is -2.14. The van der Waals surface area contributed by atoms with Gasteiger partial charge in [-0.05, 0) is 19.1 Å². The van der Waals surface area contributed by atoms with Crippen LogP contribution in [-0.4, -0.2) is 23.2 Å². The molecule has 2 rings (SSSR count). The Balaban J connectivity index is 2.80. The minimum absolute atomic E-state index is 0.312. The van der Waals surface area contributed by atoms with Crippen LogP contribution in [0.15, 0.2) is 24.3 Å². The first-order valence-electron chi connectivity index (χ1n) is 5.06. The highest BCUT2D eigenvalue weighted by Gasteiger charge is 2.13. The maximum atomic E-state index is 11.5. The number of carbonyl (C=O) groups is 1. The fraction of sp³-hybridized carbons (Fsp3) is 0.167. The lowest BCUT2D eigenvalue weighted by atomic mass is 10.1. The number of aromatic nitrogens is 1. The molecule has 1 amide bonds. The van der Waals surface area contributed by atoms with Crippen LogP contribution >= 0.6 is 0 Å². The van der Waals surface area contributed by atoms with E-state index in [9.17, 15) is 4.79 Å². The zero-order valence-electron chi connectivity index (χ0n) is 9.52. The van der Waals surface area contributed by atoms with Crippen LogP contribution in [0, 0.1) is 6.92 Å². The van der Waals surface area contributed by atoms with Crippen molar-refractivity contribution in [1.29, 1.82) is 0 Å². The molecular weight excluding hydrogens is 220 g/mol. The lowest BCUT2D eigenvalue weighted by molar-refractivity contribution is 0.0708. The number of hydroxylamine groups is 1. The van der Waals surface area contributed by atoms with Crippen molar-refractivity contribution in [1.82, 2.24) is 10.5 Å². The summed E-state index contributed by atoms with van der Waals surface area (Å²) < 4.78 is 5.24. The van der Waals surface area contributed by atoms with Crippen molar-refractivity contribution < 1.29 is 14.7 Å². The van der Waals surface area contributed by atoms with Crippen molar-refractivity contribution >= 4 is 16.8 Å². The lowest BCUT2D eigenvalue weighted by Crippen LogP contribution is -2.19. The van der Waals surface area contributed by atoms with Crippen molar-refractivity contribution in [3.8, 4) is 5.75 Å². The molecule has 1 aromatic heterocycles. The van der Waals surface area contributed by atoms with E-state index in [-0.39, 0.29) is 0 Å². The summed E-state index contributed by atoms with van der Waals surface area (Å²) in [6.45, 7) is 1.82. The Bertz CT molecular complexity index is 581. The van der Waals surface area contributed by atoms with E-state index in [4.69, 9.17) is 9.94 Å². The number of methoxy groups -OCH3 is 1. The van der Waals surface area contributed by atoms with Crippen LogP contribution < -0.4 is 10.2 Å². The quantitative estimate of drug-likeness (QED) is 0.610. The van der Waals surface area contributed by atoms with Crippen molar-refractivity contribution in [2.24, 2.45) is 0 Å². The normalized spacial score (nSPS) is 10.3. The van der Waals surface area contributed by atoms with Gasteiger partial charge in [-0.15, -0.1) is 0 Å². The molecule has 88 valence electrons. The number of ether oxygens (including phenoxy) is 1. The zero-order valence-corrected chi connectivity index (χ0v) is 9.52. The smallest absolute Gasteiger partial charge is 0.276 e. The molecule has 0 bridgehead atoms. The van der Waals surface area contributed by atoms with Crippen molar-refractivity contribution in [3.05, 3.63) is 35.5 Å². The number of rotatable bonds is 2. The number of nitrogens with one attached hydrogen (secondary N) is 1. The van der Waals surface area contributed by atoms with Gasteiger partial charge in [0.15, 0.2) is 0 Å². The third kappa shape index (κ3) is 1.92. The number of aryl methyl sites for hydroxylation is 1. The number of hydrogen-bond acceptors (Lipinski definition) is 4. The number of benzene rings is 1. The lowest BCUT2D eigenvalue weighted by Gasteiger charge is -2.09. The van der Waals surface area contributed by atoms with Crippen molar-refractivity contribution in [2.45, 2.75) is 6.92 Å². The number of pyridine rings is 1. The Morgan fingerprint density at radius 3 is 2.88 bits per heavy atom. The number of hydrogen-bond donors (Lipinski definition) is 2. The fourth-order valence-corrected chi connectivity index (χ4v) is 1.75. The average Bonchev–Trinajstić information content (AvgIpc) is 2.36. The third-order valence-corrected chi connectivity index (χ3v) is 2.50. The van der Waals surface area contributed by atoms with E-state index in [0.29, 0.717) is 16.8 Å². The van der Waals surface area contributed by atoms with Gasteiger partial charge in [0.25, 0.3) is 5.91 Å². The molecule has 2 N–H and O–H groups in total. The topological polar surface area (TPSA) is 71.5 Å². The van der Waals surface area contributed by atoms with Crippen LogP contribution in [0.3, 0.4) is 0 Å². The standard InChI is InChI=1S/C12H12N2O3/c1-7-6-10(17-2)8-4-3-5-9(11(8)13-7)12(15)14-16/h3-6,16H,1-2H3,(H,14,15). The molecule has 0 aliphatic heterocycles. The molecule has 0 aliphatic carbocycles. The Kier molecular flexibility index (Phi) is 2.93. The number of nitrogens with zero attached hydrogens (tertiary/aromatic N) is 1. The second-order valence-corrected chi connectivity index (χ2v) is 3.61. The number of amides is 1. The maximum Gasteiger partial charge on any atom is 0.276 e. The average molecular weight is 232 g/mol. The molecule has 2 aromatic rings. The van der Waals surface area contributed by atoms with Crippen molar-refractivity contribution in [2.75, 3.05) is 7.11 Å². The van der Waals surface area contributed by atoms with Gasteiger partial charge < -0.3 is 4.74 Å². The molecule has 5 nitrogen and oxygen atoms in total. The van der Waals surface area contributed by atoms with Crippen LogP contribution in [0.4, 0.5) is 0 Å². The van der Waals surface area contributed by atoms with E-state index in [0.717, 1.165) is 11.1 Å². The van der Waals surface area contributed by atoms with Gasteiger partial charge in [-0.25, -0.2) is 5.48 Å². The summed E-state index contributed by atoms with van der Waals surface area (Å²) in [7, 11) is 1.56. The Morgan fingerprint density at radius 1 is 1.47 bits per heavy atom. The highest BCUT2D eigenvalue weighted by molar-refractivity contribution is 6.06. The second kappa shape index (κ2) is 4.39. The molecule has 1 heterocycles. The van der Waals surface area contributed by atoms with E-state index in [2.05, 4.69) is 4.98 Å². The summed E-state index contributed by atoms with van der Waals surface area (Å²) in [5, 5.41) is 9.42. The van der Waals surface area contributed by atoms with E-state index in [1.54, 1.807) is 30.8 Å². The first-order chi connectivity index (χ1) is 8.17. The summed E-state index contributed by atoms with van der Waals surface area (Å²) in [5.74, 6) is 0.0656. The molecule has 5 heteroatoms. The number of carbonyl (C=O) groups excluding carboxylic acids is 1. The summed E-state index contributed by atoms with van der Waals surface area (Å²) in [6.07, 6.45) is 0. The van der Waals surface area contributed by atoms with Crippen LogP contribution in [0.5, 0.6) is 5.75 Å². The predicted octanol–water partition coefficient (Wildman–Crippen LogP) is 1.67. The van der Waals surface area contributed by atoms with E-state index in [1.165, 1.54) is 0 Å². The highest BCUT2D eigenvalue weighted by Crippen LogP contribution is 2.27. The van der Waals surface area contributed by atoms with Gasteiger partial charge in [-0.2, -0.15) is 0 Å². The molecule has 1 aromatic carbocycles. The molecule has 0 fully saturated rings. The van der Waals surface area contributed by atoms with Crippen LogP contribution in [-0.2, 0) is 0 Å². The molecule has 0 saturated heterocycles. The van der Waals surface area contributed by atoms with E-state index in [1.807, 2.05) is 13.0 Å². The first kappa shape index (κ1) is 11.3. The molecule has 0 aliphatic rings.